The molecule has 25 heavy (non-hydrogen) atoms. The molecule has 0 bridgehead atoms. The predicted octanol–water partition coefficient (Wildman–Crippen LogP) is 2.21. The number of nitrogens with zero attached hydrogens (tertiary/aromatic N) is 3. The predicted molar refractivity (Wildman–Crippen MR) is 99.3 cm³/mol. The number of fused-ring (bicyclic) bond motifs is 1. The number of nitrogens with one attached hydrogen (secondary N) is 2. The minimum absolute atomic E-state index is 0.484. The quantitative estimate of drug-likeness (QED) is 0.841. The zero-order chi connectivity index (χ0) is 17.1. The zero-order valence-corrected chi connectivity index (χ0v) is 14.7. The van der Waals surface area contributed by atoms with Crippen LogP contribution in [0, 0.1) is 0 Å². The van der Waals surface area contributed by atoms with Gasteiger partial charge in [0.15, 0.2) is 0 Å². The van der Waals surface area contributed by atoms with E-state index >= 15 is 0 Å². The second kappa shape index (κ2) is 7.27. The number of benzene rings is 1. The molecule has 6 heteroatoms. The Morgan fingerprint density at radius 3 is 3.16 bits per heavy atom. The van der Waals surface area contributed by atoms with Crippen molar-refractivity contribution in [3.05, 3.63) is 41.7 Å². The number of anilines is 2. The summed E-state index contributed by atoms with van der Waals surface area (Å²) in [4.78, 5) is 11.1. The molecule has 2 aliphatic rings. The maximum absolute atomic E-state index is 5.58. The maximum Gasteiger partial charge on any atom is 0.134 e. The van der Waals surface area contributed by atoms with Crippen LogP contribution in [0.4, 0.5) is 11.6 Å². The molecule has 1 fully saturated rings. The minimum atomic E-state index is 0.484. The summed E-state index contributed by atoms with van der Waals surface area (Å²) in [7, 11) is 1.89. The van der Waals surface area contributed by atoms with Gasteiger partial charge in [-0.3, -0.25) is 0 Å². The number of hydrogen-bond donors (Lipinski definition) is 2. The summed E-state index contributed by atoms with van der Waals surface area (Å²) in [6, 6.07) is 9.04. The van der Waals surface area contributed by atoms with Gasteiger partial charge in [0.25, 0.3) is 0 Å². The molecular formula is C19H25N5O. The van der Waals surface area contributed by atoms with E-state index in [1.54, 1.807) is 6.33 Å². The van der Waals surface area contributed by atoms with Crippen molar-refractivity contribution in [2.45, 2.75) is 31.8 Å². The van der Waals surface area contributed by atoms with Gasteiger partial charge >= 0.3 is 0 Å². The Bertz CT molecular complexity index is 736. The SMILES string of the molecule is CNc1cc(N2CCCC2CNCc2ccc3c(c2)CCO3)ncn1. The second-order valence-electron chi connectivity index (χ2n) is 6.67. The van der Waals surface area contributed by atoms with Gasteiger partial charge in [0, 0.05) is 45.2 Å². The third-order valence-corrected chi connectivity index (χ3v) is 5.04. The highest BCUT2D eigenvalue weighted by molar-refractivity contribution is 5.49. The summed E-state index contributed by atoms with van der Waals surface area (Å²) in [6.07, 6.45) is 5.07. The largest absolute Gasteiger partial charge is 0.493 e. The molecule has 0 radical (unpaired) electrons. The van der Waals surface area contributed by atoms with Gasteiger partial charge in [-0.2, -0.15) is 0 Å². The molecule has 2 aromatic rings. The lowest BCUT2D eigenvalue weighted by molar-refractivity contribution is 0.357. The molecule has 1 aromatic carbocycles. The average molecular weight is 339 g/mol. The lowest BCUT2D eigenvalue weighted by Gasteiger charge is -2.26. The Balaban J connectivity index is 1.35. The van der Waals surface area contributed by atoms with E-state index in [1.165, 1.54) is 24.0 Å². The standard InChI is InChI=1S/C19H25N5O/c1-20-18-10-19(23-13-22-18)24-7-2-3-16(24)12-21-11-14-4-5-17-15(9-14)6-8-25-17/h4-5,9-10,13,16,21H,2-3,6-8,11-12H2,1H3,(H,20,22,23). The van der Waals surface area contributed by atoms with Crippen LogP contribution >= 0.6 is 0 Å². The lowest BCUT2D eigenvalue weighted by atomic mass is 10.1. The van der Waals surface area contributed by atoms with E-state index in [-0.39, 0.29) is 0 Å². The van der Waals surface area contributed by atoms with Crippen molar-refractivity contribution in [3.8, 4) is 5.75 Å². The fourth-order valence-electron chi connectivity index (χ4n) is 3.72. The maximum atomic E-state index is 5.58. The first-order chi connectivity index (χ1) is 12.3. The van der Waals surface area contributed by atoms with Gasteiger partial charge in [0.1, 0.15) is 23.7 Å². The molecule has 2 N–H and O–H groups in total. The highest BCUT2D eigenvalue weighted by atomic mass is 16.5. The van der Waals surface area contributed by atoms with E-state index in [1.807, 2.05) is 13.1 Å². The Morgan fingerprint density at radius 1 is 1.28 bits per heavy atom. The van der Waals surface area contributed by atoms with Crippen LogP contribution < -0.4 is 20.3 Å². The zero-order valence-electron chi connectivity index (χ0n) is 14.7. The molecule has 3 heterocycles. The highest BCUT2D eigenvalue weighted by Gasteiger charge is 2.25. The smallest absolute Gasteiger partial charge is 0.134 e. The first kappa shape index (κ1) is 16.1. The van der Waals surface area contributed by atoms with Gasteiger partial charge in [-0.05, 0) is 30.0 Å². The first-order valence-electron chi connectivity index (χ1n) is 9.05. The van der Waals surface area contributed by atoms with Crippen LogP contribution in [0.15, 0.2) is 30.6 Å². The number of rotatable bonds is 6. The molecular weight excluding hydrogens is 314 g/mol. The van der Waals surface area contributed by atoms with Crippen molar-refractivity contribution in [1.29, 1.82) is 0 Å². The summed E-state index contributed by atoms with van der Waals surface area (Å²) >= 11 is 0. The van der Waals surface area contributed by atoms with Gasteiger partial charge in [-0.25, -0.2) is 9.97 Å². The van der Waals surface area contributed by atoms with E-state index in [4.69, 9.17) is 4.74 Å². The van der Waals surface area contributed by atoms with Crippen LogP contribution in [0.25, 0.3) is 0 Å². The van der Waals surface area contributed by atoms with E-state index in [0.717, 1.165) is 50.0 Å². The monoisotopic (exact) mass is 339 g/mol. The van der Waals surface area contributed by atoms with Crippen LogP contribution in [0.3, 0.4) is 0 Å². The summed E-state index contributed by atoms with van der Waals surface area (Å²) in [5, 5.41) is 6.71. The highest BCUT2D eigenvalue weighted by Crippen LogP contribution is 2.26. The molecule has 4 rings (SSSR count). The van der Waals surface area contributed by atoms with Crippen LogP contribution in [0.2, 0.25) is 0 Å². The molecule has 1 unspecified atom stereocenters. The van der Waals surface area contributed by atoms with Crippen molar-refractivity contribution in [1.82, 2.24) is 15.3 Å². The summed E-state index contributed by atoms with van der Waals surface area (Å²) in [5.74, 6) is 2.93. The summed E-state index contributed by atoms with van der Waals surface area (Å²) in [5.41, 5.74) is 2.66. The third kappa shape index (κ3) is 3.54. The molecule has 2 aliphatic heterocycles. The average Bonchev–Trinajstić information content (AvgIpc) is 3.30. The molecule has 6 nitrogen and oxygen atoms in total. The van der Waals surface area contributed by atoms with Crippen molar-refractivity contribution in [2.75, 3.05) is 37.0 Å². The molecule has 132 valence electrons. The van der Waals surface area contributed by atoms with E-state index < -0.39 is 0 Å². The number of aromatic nitrogens is 2. The Kier molecular flexibility index (Phi) is 4.70. The van der Waals surface area contributed by atoms with Gasteiger partial charge in [-0.1, -0.05) is 12.1 Å². The van der Waals surface area contributed by atoms with Crippen molar-refractivity contribution >= 4 is 11.6 Å². The Morgan fingerprint density at radius 2 is 2.24 bits per heavy atom. The van der Waals surface area contributed by atoms with Crippen molar-refractivity contribution in [2.24, 2.45) is 0 Å². The summed E-state index contributed by atoms with van der Waals surface area (Å²) in [6.45, 7) is 3.73. The van der Waals surface area contributed by atoms with Crippen LogP contribution in [-0.2, 0) is 13.0 Å². The number of ether oxygens (including phenoxy) is 1. The Labute approximate surface area is 148 Å². The molecule has 1 atom stereocenters. The van der Waals surface area contributed by atoms with E-state index in [0.29, 0.717) is 6.04 Å². The van der Waals surface area contributed by atoms with Gasteiger partial charge < -0.3 is 20.3 Å². The Hall–Kier alpha value is -2.34. The molecule has 1 saturated heterocycles. The lowest BCUT2D eigenvalue weighted by Crippen LogP contribution is -2.38. The fraction of sp³-hybridized carbons (Fsp3) is 0.474. The van der Waals surface area contributed by atoms with Gasteiger partial charge in [0.2, 0.25) is 0 Å². The fourth-order valence-corrected chi connectivity index (χ4v) is 3.72. The second-order valence-corrected chi connectivity index (χ2v) is 6.67. The third-order valence-electron chi connectivity index (χ3n) is 5.04. The van der Waals surface area contributed by atoms with Gasteiger partial charge in [-0.15, -0.1) is 0 Å². The van der Waals surface area contributed by atoms with Crippen molar-refractivity contribution < 1.29 is 4.74 Å². The molecule has 0 saturated carbocycles. The molecule has 1 aromatic heterocycles. The number of hydrogen-bond acceptors (Lipinski definition) is 6. The topological polar surface area (TPSA) is 62.3 Å². The normalized spacial score (nSPS) is 18.9. The molecule has 0 spiro atoms. The van der Waals surface area contributed by atoms with Crippen LogP contribution in [-0.4, -0.2) is 42.8 Å². The molecule has 0 amide bonds. The summed E-state index contributed by atoms with van der Waals surface area (Å²) < 4.78 is 5.58. The van der Waals surface area contributed by atoms with Gasteiger partial charge in [0.05, 0.1) is 6.61 Å². The minimum Gasteiger partial charge on any atom is -0.493 e. The van der Waals surface area contributed by atoms with E-state index in [9.17, 15) is 0 Å². The molecule has 0 aliphatic carbocycles. The van der Waals surface area contributed by atoms with Crippen LogP contribution in [0.5, 0.6) is 5.75 Å². The van der Waals surface area contributed by atoms with Crippen molar-refractivity contribution in [3.63, 3.8) is 0 Å². The van der Waals surface area contributed by atoms with Crippen LogP contribution in [0.1, 0.15) is 24.0 Å². The van der Waals surface area contributed by atoms with E-state index in [2.05, 4.69) is 43.7 Å². The first-order valence-corrected chi connectivity index (χ1v) is 9.05.